The topological polar surface area (TPSA) is 47.6 Å². The second-order valence-electron chi connectivity index (χ2n) is 5.37. The number of carbonyl (C=O) groups excluding carboxylic acids is 1. The number of hydrogen-bond donors (Lipinski definition) is 1. The summed E-state index contributed by atoms with van der Waals surface area (Å²) in [5.74, 6) is 0.519. The monoisotopic (exact) mass is 261 g/mol. The predicted molar refractivity (Wildman–Crippen MR) is 71.4 cm³/mol. The number of fused-ring (bicyclic) bond motifs is 2. The van der Waals surface area contributed by atoms with Gasteiger partial charge in [-0.05, 0) is 49.9 Å². The molecule has 0 aromatic heterocycles. The SMILES string of the molecule is COC(=O)c1ccc(O[C@H]2C[C@H]3CC[C@@H](C2)N3)cc1. The van der Waals surface area contributed by atoms with Crippen LogP contribution in [-0.2, 0) is 4.74 Å². The zero-order chi connectivity index (χ0) is 13.2. The molecule has 2 aliphatic rings. The van der Waals surface area contributed by atoms with E-state index in [0.29, 0.717) is 23.8 Å². The third-order valence-corrected chi connectivity index (χ3v) is 4.01. The third kappa shape index (κ3) is 2.73. The average molecular weight is 261 g/mol. The summed E-state index contributed by atoms with van der Waals surface area (Å²) in [6.45, 7) is 0. The van der Waals surface area contributed by atoms with E-state index in [1.807, 2.05) is 12.1 Å². The van der Waals surface area contributed by atoms with E-state index < -0.39 is 0 Å². The van der Waals surface area contributed by atoms with Crippen LogP contribution >= 0.6 is 0 Å². The number of nitrogens with one attached hydrogen (secondary N) is 1. The molecule has 2 heterocycles. The largest absolute Gasteiger partial charge is 0.490 e. The van der Waals surface area contributed by atoms with Gasteiger partial charge >= 0.3 is 5.97 Å². The van der Waals surface area contributed by atoms with E-state index in [1.54, 1.807) is 12.1 Å². The molecule has 102 valence electrons. The number of ether oxygens (including phenoxy) is 2. The molecule has 19 heavy (non-hydrogen) atoms. The van der Waals surface area contributed by atoms with Crippen LogP contribution in [0.1, 0.15) is 36.0 Å². The van der Waals surface area contributed by atoms with Crippen molar-refractivity contribution in [2.24, 2.45) is 0 Å². The van der Waals surface area contributed by atoms with Crippen molar-refractivity contribution < 1.29 is 14.3 Å². The lowest BCUT2D eigenvalue weighted by Crippen LogP contribution is -2.42. The average Bonchev–Trinajstić information content (AvgIpc) is 2.78. The second-order valence-corrected chi connectivity index (χ2v) is 5.37. The molecule has 3 atom stereocenters. The first kappa shape index (κ1) is 12.5. The third-order valence-electron chi connectivity index (χ3n) is 4.01. The molecule has 0 spiro atoms. The quantitative estimate of drug-likeness (QED) is 0.847. The number of piperidine rings is 1. The Kier molecular flexibility index (Phi) is 3.42. The number of methoxy groups -OCH3 is 1. The number of benzene rings is 1. The molecular weight excluding hydrogens is 242 g/mol. The van der Waals surface area contributed by atoms with Crippen molar-refractivity contribution in [3.63, 3.8) is 0 Å². The fourth-order valence-electron chi connectivity index (χ4n) is 3.08. The van der Waals surface area contributed by atoms with Gasteiger partial charge in [0.25, 0.3) is 0 Å². The van der Waals surface area contributed by atoms with E-state index >= 15 is 0 Å². The van der Waals surface area contributed by atoms with Gasteiger partial charge in [0.2, 0.25) is 0 Å². The molecule has 0 aliphatic carbocycles. The number of hydrogen-bond acceptors (Lipinski definition) is 4. The van der Waals surface area contributed by atoms with E-state index in [0.717, 1.165) is 18.6 Å². The molecule has 0 amide bonds. The van der Waals surface area contributed by atoms with Crippen LogP contribution in [0, 0.1) is 0 Å². The van der Waals surface area contributed by atoms with Gasteiger partial charge in [0.15, 0.2) is 0 Å². The highest BCUT2D eigenvalue weighted by atomic mass is 16.5. The van der Waals surface area contributed by atoms with Gasteiger partial charge in [-0.2, -0.15) is 0 Å². The van der Waals surface area contributed by atoms with E-state index in [1.165, 1.54) is 20.0 Å². The number of carbonyl (C=O) groups is 1. The summed E-state index contributed by atoms with van der Waals surface area (Å²) in [5, 5.41) is 3.60. The lowest BCUT2D eigenvalue weighted by atomic mass is 10.0. The Labute approximate surface area is 113 Å². The molecule has 0 unspecified atom stereocenters. The van der Waals surface area contributed by atoms with Crippen molar-refractivity contribution in [3.05, 3.63) is 29.8 Å². The molecule has 4 nitrogen and oxygen atoms in total. The van der Waals surface area contributed by atoms with E-state index in [2.05, 4.69) is 10.1 Å². The lowest BCUT2D eigenvalue weighted by Gasteiger charge is -2.29. The highest BCUT2D eigenvalue weighted by molar-refractivity contribution is 5.89. The highest BCUT2D eigenvalue weighted by Gasteiger charge is 2.34. The summed E-state index contributed by atoms with van der Waals surface area (Å²) < 4.78 is 10.7. The summed E-state index contributed by atoms with van der Waals surface area (Å²) >= 11 is 0. The smallest absolute Gasteiger partial charge is 0.337 e. The Bertz CT molecular complexity index is 445. The zero-order valence-corrected chi connectivity index (χ0v) is 11.1. The lowest BCUT2D eigenvalue weighted by molar-refractivity contribution is 0.0600. The summed E-state index contributed by atoms with van der Waals surface area (Å²) in [4.78, 5) is 11.3. The predicted octanol–water partition coefficient (Wildman–Crippen LogP) is 2.13. The minimum absolute atomic E-state index is 0.294. The van der Waals surface area contributed by atoms with Crippen LogP contribution in [0.15, 0.2) is 24.3 Å². The minimum Gasteiger partial charge on any atom is -0.490 e. The fraction of sp³-hybridized carbons (Fsp3) is 0.533. The Morgan fingerprint density at radius 1 is 1.16 bits per heavy atom. The minimum atomic E-state index is -0.313. The molecule has 0 saturated carbocycles. The Hall–Kier alpha value is -1.55. The Morgan fingerprint density at radius 2 is 1.79 bits per heavy atom. The van der Waals surface area contributed by atoms with Crippen LogP contribution in [0.2, 0.25) is 0 Å². The molecule has 2 aliphatic heterocycles. The summed E-state index contributed by atoms with van der Waals surface area (Å²) in [7, 11) is 1.39. The van der Waals surface area contributed by atoms with Gasteiger partial charge in [0.05, 0.1) is 12.7 Å². The van der Waals surface area contributed by atoms with Crippen molar-refractivity contribution in [2.75, 3.05) is 7.11 Å². The maximum absolute atomic E-state index is 11.3. The zero-order valence-electron chi connectivity index (χ0n) is 11.1. The van der Waals surface area contributed by atoms with Gasteiger partial charge in [-0.1, -0.05) is 0 Å². The van der Waals surface area contributed by atoms with Gasteiger partial charge in [-0.3, -0.25) is 0 Å². The van der Waals surface area contributed by atoms with Crippen LogP contribution in [0.4, 0.5) is 0 Å². The maximum atomic E-state index is 11.3. The number of esters is 1. The molecule has 2 bridgehead atoms. The maximum Gasteiger partial charge on any atom is 0.337 e. The van der Waals surface area contributed by atoms with Crippen LogP contribution < -0.4 is 10.1 Å². The van der Waals surface area contributed by atoms with E-state index in [-0.39, 0.29) is 5.97 Å². The molecule has 1 N–H and O–H groups in total. The molecule has 4 heteroatoms. The normalized spacial score (nSPS) is 29.0. The van der Waals surface area contributed by atoms with Crippen molar-refractivity contribution >= 4 is 5.97 Å². The molecule has 2 fully saturated rings. The number of rotatable bonds is 3. The Morgan fingerprint density at radius 3 is 2.37 bits per heavy atom. The van der Waals surface area contributed by atoms with Crippen molar-refractivity contribution in [2.45, 2.75) is 43.9 Å². The summed E-state index contributed by atoms with van der Waals surface area (Å²) in [5.41, 5.74) is 0.556. The Balaban J connectivity index is 1.62. The van der Waals surface area contributed by atoms with Gasteiger partial charge in [0, 0.05) is 12.1 Å². The molecule has 1 aromatic carbocycles. The molecule has 3 rings (SSSR count). The van der Waals surface area contributed by atoms with Crippen molar-refractivity contribution in [3.8, 4) is 5.75 Å². The first-order valence-electron chi connectivity index (χ1n) is 6.85. The summed E-state index contributed by atoms with van der Waals surface area (Å²) in [6.07, 6.45) is 4.99. The first-order valence-corrected chi connectivity index (χ1v) is 6.85. The van der Waals surface area contributed by atoms with Gasteiger partial charge in [0.1, 0.15) is 11.9 Å². The second kappa shape index (κ2) is 5.21. The molecule has 2 saturated heterocycles. The van der Waals surface area contributed by atoms with Crippen LogP contribution in [0.5, 0.6) is 5.75 Å². The van der Waals surface area contributed by atoms with Crippen LogP contribution in [0.25, 0.3) is 0 Å². The van der Waals surface area contributed by atoms with Crippen LogP contribution in [0.3, 0.4) is 0 Å². The standard InChI is InChI=1S/C15H19NO3/c1-18-15(17)10-2-6-13(7-3-10)19-14-8-11-4-5-12(9-14)16-11/h2-3,6-7,11-12,14,16H,4-5,8-9H2,1H3/t11-,12+,14+. The van der Waals surface area contributed by atoms with Crippen molar-refractivity contribution in [1.82, 2.24) is 5.32 Å². The van der Waals surface area contributed by atoms with E-state index in [4.69, 9.17) is 4.74 Å². The first-order chi connectivity index (χ1) is 9.24. The van der Waals surface area contributed by atoms with E-state index in [9.17, 15) is 4.79 Å². The van der Waals surface area contributed by atoms with Crippen molar-refractivity contribution in [1.29, 1.82) is 0 Å². The van der Waals surface area contributed by atoms with Crippen LogP contribution in [-0.4, -0.2) is 31.3 Å². The van der Waals surface area contributed by atoms with Gasteiger partial charge in [-0.15, -0.1) is 0 Å². The molecule has 1 aromatic rings. The summed E-state index contributed by atoms with van der Waals surface area (Å²) in [6, 6.07) is 8.43. The fourth-order valence-corrected chi connectivity index (χ4v) is 3.08. The molecular formula is C15H19NO3. The molecule has 0 radical (unpaired) electrons. The van der Waals surface area contributed by atoms with Gasteiger partial charge < -0.3 is 14.8 Å². The highest BCUT2D eigenvalue weighted by Crippen LogP contribution is 2.29. The van der Waals surface area contributed by atoms with Gasteiger partial charge in [-0.25, -0.2) is 4.79 Å².